The molecule has 1 aromatic rings. The maximum atomic E-state index is 12.3. The van der Waals surface area contributed by atoms with Crippen molar-refractivity contribution in [3.8, 4) is 0 Å². The molecule has 8 heteroatoms. The molecule has 1 heterocycles. The molecule has 0 unspecified atom stereocenters. The van der Waals surface area contributed by atoms with Gasteiger partial charge in [0.2, 0.25) is 5.91 Å². The van der Waals surface area contributed by atoms with E-state index in [1.165, 1.54) is 4.31 Å². The first-order chi connectivity index (χ1) is 12.4. The summed E-state index contributed by atoms with van der Waals surface area (Å²) >= 11 is 0. The summed E-state index contributed by atoms with van der Waals surface area (Å²) in [5.74, 6) is -0.0467. The lowest BCUT2D eigenvalue weighted by Gasteiger charge is -2.32. The Kier molecular flexibility index (Phi) is 8.02. The molecule has 0 aromatic heterocycles. The molecule has 2 N–H and O–H groups in total. The number of unbranched alkanes of at least 4 members (excludes halogenated alkanes) is 1. The number of nitrogens with one attached hydrogen (secondary N) is 2. The van der Waals surface area contributed by atoms with Crippen molar-refractivity contribution >= 4 is 21.8 Å². The number of rotatable bonds is 9. The highest BCUT2D eigenvalue weighted by atomic mass is 32.2. The highest BCUT2D eigenvalue weighted by Crippen LogP contribution is 2.13. The minimum atomic E-state index is -3.43. The molecule has 146 valence electrons. The van der Waals surface area contributed by atoms with Gasteiger partial charge < -0.3 is 5.32 Å². The van der Waals surface area contributed by atoms with Crippen molar-refractivity contribution in [3.63, 3.8) is 0 Å². The molecule has 1 aliphatic heterocycles. The predicted molar refractivity (Wildman–Crippen MR) is 104 cm³/mol. The van der Waals surface area contributed by atoms with Crippen LogP contribution in [0, 0.1) is 0 Å². The topological polar surface area (TPSA) is 81.8 Å². The molecule has 1 aromatic carbocycles. The monoisotopic (exact) mass is 382 g/mol. The van der Waals surface area contributed by atoms with Gasteiger partial charge in [0, 0.05) is 38.4 Å². The molecule has 7 nitrogen and oxygen atoms in total. The van der Waals surface area contributed by atoms with Gasteiger partial charge in [-0.25, -0.2) is 0 Å². The molecular formula is C18H30N4O3S. The van der Waals surface area contributed by atoms with E-state index in [-0.39, 0.29) is 11.9 Å². The van der Waals surface area contributed by atoms with Gasteiger partial charge in [0.25, 0.3) is 10.2 Å². The third-order valence-corrected chi connectivity index (χ3v) is 6.20. The van der Waals surface area contributed by atoms with Gasteiger partial charge in [-0.15, -0.1) is 0 Å². The maximum absolute atomic E-state index is 12.3. The van der Waals surface area contributed by atoms with Crippen molar-refractivity contribution < 1.29 is 13.2 Å². The average molecular weight is 383 g/mol. The second-order valence-corrected chi connectivity index (χ2v) is 8.57. The van der Waals surface area contributed by atoms with Crippen LogP contribution in [0.1, 0.15) is 32.6 Å². The fraction of sp³-hybridized carbons (Fsp3) is 0.611. The number of likely N-dealkylation sites (tertiary alicyclic amines) is 1. The van der Waals surface area contributed by atoms with E-state index in [0.29, 0.717) is 39.0 Å². The first-order valence-electron chi connectivity index (χ1n) is 9.21. The summed E-state index contributed by atoms with van der Waals surface area (Å²) < 4.78 is 28.8. The molecular weight excluding hydrogens is 352 g/mol. The summed E-state index contributed by atoms with van der Waals surface area (Å²) in [6.45, 7) is 4.30. The van der Waals surface area contributed by atoms with Gasteiger partial charge >= 0.3 is 0 Å². The second kappa shape index (κ2) is 10.0. The van der Waals surface area contributed by atoms with Crippen LogP contribution in [0.5, 0.6) is 0 Å². The number of carbonyl (C=O) groups excluding carboxylic acids is 1. The summed E-state index contributed by atoms with van der Waals surface area (Å²) in [6, 6.07) is 9.30. The Morgan fingerprint density at radius 1 is 1.23 bits per heavy atom. The Balaban J connectivity index is 1.74. The third kappa shape index (κ3) is 6.68. The van der Waals surface area contributed by atoms with Crippen molar-refractivity contribution in [1.29, 1.82) is 0 Å². The predicted octanol–water partition coefficient (Wildman–Crippen LogP) is 1.66. The summed E-state index contributed by atoms with van der Waals surface area (Å²) in [5, 5.41) is 2.87. The van der Waals surface area contributed by atoms with E-state index in [2.05, 4.69) is 14.9 Å². The van der Waals surface area contributed by atoms with Crippen molar-refractivity contribution in [2.24, 2.45) is 0 Å². The van der Waals surface area contributed by atoms with Crippen LogP contribution < -0.4 is 10.0 Å². The lowest BCUT2D eigenvalue weighted by Crippen LogP contribution is -2.49. The van der Waals surface area contributed by atoms with Crippen LogP contribution in [-0.2, 0) is 15.0 Å². The summed E-state index contributed by atoms with van der Waals surface area (Å²) in [6.07, 6.45) is 3.23. The molecule has 1 amide bonds. The molecule has 0 bridgehead atoms. The van der Waals surface area contributed by atoms with Gasteiger partial charge in [0.05, 0.1) is 6.54 Å². The SMILES string of the molecule is CCCCN(C)S(=O)(=O)NC1CCN(CC(=O)Nc2ccccc2)CC1. The standard InChI is InChI=1S/C18H30N4O3S/c1-3-4-12-21(2)26(24,25)20-17-10-13-22(14-11-17)15-18(23)19-16-8-6-5-7-9-16/h5-9,17,20H,3-4,10-15H2,1-2H3,(H,19,23). The molecule has 1 saturated heterocycles. The van der Waals surface area contributed by atoms with E-state index < -0.39 is 10.2 Å². The number of carbonyl (C=O) groups is 1. The van der Waals surface area contributed by atoms with E-state index in [4.69, 9.17) is 0 Å². The minimum Gasteiger partial charge on any atom is -0.325 e. The van der Waals surface area contributed by atoms with Gasteiger partial charge in [0.1, 0.15) is 0 Å². The second-order valence-electron chi connectivity index (χ2n) is 6.76. The smallest absolute Gasteiger partial charge is 0.279 e. The van der Waals surface area contributed by atoms with E-state index in [1.54, 1.807) is 7.05 Å². The van der Waals surface area contributed by atoms with Gasteiger partial charge in [-0.3, -0.25) is 9.69 Å². The minimum absolute atomic E-state index is 0.0467. The fourth-order valence-corrected chi connectivity index (χ4v) is 4.14. The van der Waals surface area contributed by atoms with Crippen LogP contribution in [-0.4, -0.2) is 62.8 Å². The number of piperidine rings is 1. The summed E-state index contributed by atoms with van der Waals surface area (Å²) in [7, 11) is -1.82. The Hall–Kier alpha value is -1.48. The van der Waals surface area contributed by atoms with Gasteiger partial charge in [0.15, 0.2) is 0 Å². The Morgan fingerprint density at radius 2 is 1.88 bits per heavy atom. The summed E-state index contributed by atoms with van der Waals surface area (Å²) in [4.78, 5) is 14.2. The van der Waals surface area contributed by atoms with E-state index in [0.717, 1.165) is 18.5 Å². The van der Waals surface area contributed by atoms with Crippen LogP contribution in [0.4, 0.5) is 5.69 Å². The highest BCUT2D eigenvalue weighted by Gasteiger charge is 2.26. The molecule has 0 aliphatic carbocycles. The molecule has 0 saturated carbocycles. The molecule has 0 atom stereocenters. The number of anilines is 1. The van der Waals surface area contributed by atoms with Crippen molar-refractivity contribution in [1.82, 2.24) is 13.9 Å². The lowest BCUT2D eigenvalue weighted by atomic mass is 10.1. The van der Waals surface area contributed by atoms with Crippen molar-refractivity contribution in [2.75, 3.05) is 38.5 Å². The van der Waals surface area contributed by atoms with Gasteiger partial charge in [-0.05, 0) is 31.4 Å². The van der Waals surface area contributed by atoms with Crippen LogP contribution >= 0.6 is 0 Å². The van der Waals surface area contributed by atoms with Crippen molar-refractivity contribution in [2.45, 2.75) is 38.6 Å². The van der Waals surface area contributed by atoms with Crippen LogP contribution in [0.2, 0.25) is 0 Å². The quantitative estimate of drug-likeness (QED) is 0.680. The number of hydrogen-bond donors (Lipinski definition) is 2. The zero-order valence-electron chi connectivity index (χ0n) is 15.6. The Morgan fingerprint density at radius 3 is 2.50 bits per heavy atom. The zero-order chi connectivity index (χ0) is 19.0. The Labute approximate surface area is 156 Å². The van der Waals surface area contributed by atoms with Crippen LogP contribution in [0.25, 0.3) is 0 Å². The average Bonchev–Trinajstić information content (AvgIpc) is 2.61. The summed E-state index contributed by atoms with van der Waals surface area (Å²) in [5.41, 5.74) is 0.787. The van der Waals surface area contributed by atoms with Gasteiger partial charge in [-0.2, -0.15) is 17.4 Å². The normalized spacial score (nSPS) is 16.7. The third-order valence-electron chi connectivity index (χ3n) is 4.56. The van der Waals surface area contributed by atoms with E-state index in [9.17, 15) is 13.2 Å². The maximum Gasteiger partial charge on any atom is 0.279 e. The molecule has 0 radical (unpaired) electrons. The number of nitrogens with zero attached hydrogens (tertiary/aromatic N) is 2. The number of amides is 1. The molecule has 1 aliphatic rings. The lowest BCUT2D eigenvalue weighted by molar-refractivity contribution is -0.117. The Bertz CT molecular complexity index is 658. The fourth-order valence-electron chi connectivity index (χ4n) is 2.94. The first kappa shape index (κ1) is 20.8. The molecule has 26 heavy (non-hydrogen) atoms. The molecule has 0 spiro atoms. The zero-order valence-corrected chi connectivity index (χ0v) is 16.5. The first-order valence-corrected chi connectivity index (χ1v) is 10.7. The van der Waals surface area contributed by atoms with Crippen LogP contribution in [0.3, 0.4) is 0 Å². The number of hydrogen-bond acceptors (Lipinski definition) is 4. The molecule has 2 rings (SSSR count). The van der Waals surface area contributed by atoms with Gasteiger partial charge in [-0.1, -0.05) is 31.5 Å². The number of para-hydroxylation sites is 1. The van der Waals surface area contributed by atoms with E-state index in [1.807, 2.05) is 37.3 Å². The van der Waals surface area contributed by atoms with Crippen molar-refractivity contribution in [3.05, 3.63) is 30.3 Å². The molecule has 1 fully saturated rings. The largest absolute Gasteiger partial charge is 0.325 e. The van der Waals surface area contributed by atoms with E-state index >= 15 is 0 Å². The highest BCUT2D eigenvalue weighted by molar-refractivity contribution is 7.87. The number of benzene rings is 1. The van der Waals surface area contributed by atoms with Crippen LogP contribution in [0.15, 0.2) is 30.3 Å².